The van der Waals surface area contributed by atoms with Crippen molar-refractivity contribution in [1.29, 1.82) is 0 Å². The van der Waals surface area contributed by atoms with E-state index in [0.29, 0.717) is 19.0 Å². The second kappa shape index (κ2) is 8.22. The van der Waals surface area contributed by atoms with E-state index in [9.17, 15) is 17.2 Å². The van der Waals surface area contributed by atoms with E-state index < -0.39 is 21.7 Å². The van der Waals surface area contributed by atoms with Crippen molar-refractivity contribution < 1.29 is 17.2 Å². The molecule has 0 aliphatic carbocycles. The van der Waals surface area contributed by atoms with Crippen molar-refractivity contribution in [1.82, 2.24) is 14.5 Å². The molecule has 1 N–H and O–H groups in total. The zero-order valence-corrected chi connectivity index (χ0v) is 16.6. The Kier molecular flexibility index (Phi) is 5.93. The van der Waals surface area contributed by atoms with E-state index in [2.05, 4.69) is 21.6 Å². The number of hydrogen-bond donors (Lipinski definition) is 1. The molecule has 1 aromatic carbocycles. The van der Waals surface area contributed by atoms with Gasteiger partial charge in [-0.25, -0.2) is 22.2 Å². The monoisotopic (exact) mass is 408 g/mol. The Labute approximate surface area is 162 Å². The number of fused-ring (bicyclic) bond motifs is 1. The van der Waals surface area contributed by atoms with Crippen molar-refractivity contribution in [2.24, 2.45) is 0 Å². The Morgan fingerprint density at radius 1 is 1.21 bits per heavy atom. The molecule has 28 heavy (non-hydrogen) atoms. The minimum atomic E-state index is -3.77. The molecule has 0 spiro atoms. The van der Waals surface area contributed by atoms with Gasteiger partial charge in [-0.15, -0.1) is 0 Å². The van der Waals surface area contributed by atoms with Gasteiger partial charge in [-0.1, -0.05) is 6.92 Å². The van der Waals surface area contributed by atoms with Gasteiger partial charge in [-0.2, -0.15) is 0 Å². The topological polar surface area (TPSA) is 76.9 Å². The highest BCUT2D eigenvalue weighted by Crippen LogP contribution is 2.21. The van der Waals surface area contributed by atoms with Crippen LogP contribution in [0.2, 0.25) is 0 Å². The Morgan fingerprint density at radius 2 is 2.00 bits per heavy atom. The number of hydrogen-bond acceptors (Lipinski definition) is 4. The van der Waals surface area contributed by atoms with Crippen LogP contribution in [0.3, 0.4) is 0 Å². The number of nitrogens with one attached hydrogen (secondary N) is 1. The summed E-state index contributed by atoms with van der Waals surface area (Å²) in [5, 5.41) is 0. The number of imidazole rings is 1. The van der Waals surface area contributed by atoms with Crippen LogP contribution in [0.1, 0.15) is 31.2 Å². The van der Waals surface area contributed by atoms with Gasteiger partial charge in [0.2, 0.25) is 10.0 Å². The summed E-state index contributed by atoms with van der Waals surface area (Å²) in [5.41, 5.74) is 2.45. The molecule has 0 saturated carbocycles. The van der Waals surface area contributed by atoms with Crippen molar-refractivity contribution in [2.75, 3.05) is 10.5 Å². The maximum absolute atomic E-state index is 13.7. The van der Waals surface area contributed by atoms with Crippen LogP contribution in [0.4, 0.5) is 14.5 Å². The maximum Gasteiger partial charge on any atom is 0.232 e. The Bertz CT molecular complexity index is 1100. The molecule has 0 unspecified atom stereocenters. The third-order valence-electron chi connectivity index (χ3n) is 4.38. The molecule has 6 nitrogen and oxygen atoms in total. The molecule has 0 radical (unpaired) electrons. The van der Waals surface area contributed by atoms with Crippen molar-refractivity contribution in [2.45, 2.75) is 39.7 Å². The molecule has 0 saturated heterocycles. The summed E-state index contributed by atoms with van der Waals surface area (Å²) in [5.74, 6) is -1.01. The fourth-order valence-corrected chi connectivity index (χ4v) is 4.28. The molecular weight excluding hydrogens is 386 g/mol. The predicted molar refractivity (Wildman–Crippen MR) is 105 cm³/mol. The Morgan fingerprint density at radius 3 is 2.71 bits per heavy atom. The van der Waals surface area contributed by atoms with Crippen molar-refractivity contribution in [3.8, 4) is 0 Å². The van der Waals surface area contributed by atoms with Gasteiger partial charge in [0.1, 0.15) is 23.0 Å². The number of anilines is 1. The number of rotatable bonds is 8. The lowest BCUT2D eigenvalue weighted by Gasteiger charge is -2.12. The molecule has 0 aliphatic heterocycles. The smallest absolute Gasteiger partial charge is 0.232 e. The predicted octanol–water partition coefficient (Wildman–Crippen LogP) is 3.80. The number of nitrogens with zero attached hydrogens (tertiary/aromatic N) is 3. The molecular formula is C19H22F2N4O2S. The summed E-state index contributed by atoms with van der Waals surface area (Å²) >= 11 is 0. The lowest BCUT2D eigenvalue weighted by molar-refractivity contribution is 0.579. The minimum absolute atomic E-state index is 0.195. The molecule has 150 valence electrons. The van der Waals surface area contributed by atoms with E-state index >= 15 is 0 Å². The molecule has 0 bridgehead atoms. The second-order valence-electron chi connectivity index (χ2n) is 6.65. The number of pyridine rings is 1. The molecule has 3 aromatic rings. The third-order valence-corrected chi connectivity index (χ3v) is 5.73. The van der Waals surface area contributed by atoms with E-state index in [1.807, 2.05) is 11.5 Å². The van der Waals surface area contributed by atoms with Gasteiger partial charge < -0.3 is 4.57 Å². The average Bonchev–Trinajstić information content (AvgIpc) is 2.96. The largest absolute Gasteiger partial charge is 0.328 e. The molecule has 0 amide bonds. The molecule has 9 heteroatoms. The van der Waals surface area contributed by atoms with E-state index in [1.165, 1.54) is 0 Å². The van der Waals surface area contributed by atoms with Crippen molar-refractivity contribution in [3.05, 3.63) is 53.6 Å². The van der Waals surface area contributed by atoms with Crippen LogP contribution >= 0.6 is 0 Å². The third kappa shape index (κ3) is 4.46. The second-order valence-corrected chi connectivity index (χ2v) is 8.49. The summed E-state index contributed by atoms with van der Waals surface area (Å²) in [6.45, 7) is 4.46. The molecule has 0 aliphatic rings. The lowest BCUT2D eigenvalue weighted by atomic mass is 10.2. The van der Waals surface area contributed by atoms with Crippen LogP contribution in [0.5, 0.6) is 0 Å². The van der Waals surface area contributed by atoms with Crippen LogP contribution < -0.4 is 4.72 Å². The van der Waals surface area contributed by atoms with Crippen LogP contribution in [0.25, 0.3) is 11.0 Å². The van der Waals surface area contributed by atoms with E-state index in [0.717, 1.165) is 47.4 Å². The SMILES string of the molecule is CCCc1nc2cncc(C)c2n1CCCS(=O)(=O)Nc1ccc(F)cc1F. The minimum Gasteiger partial charge on any atom is -0.328 e. The van der Waals surface area contributed by atoms with Gasteiger partial charge in [0, 0.05) is 25.2 Å². The molecule has 3 rings (SSSR count). The van der Waals surface area contributed by atoms with Gasteiger partial charge in [0.05, 0.1) is 23.2 Å². The summed E-state index contributed by atoms with van der Waals surface area (Å²) in [6.07, 6.45) is 5.47. The van der Waals surface area contributed by atoms with Crippen LogP contribution in [0.15, 0.2) is 30.6 Å². The van der Waals surface area contributed by atoms with Gasteiger partial charge in [0.25, 0.3) is 0 Å². The van der Waals surface area contributed by atoms with Gasteiger partial charge in [-0.3, -0.25) is 9.71 Å². The summed E-state index contributed by atoms with van der Waals surface area (Å²) in [7, 11) is -3.77. The Hall–Kier alpha value is -2.55. The Balaban J connectivity index is 1.74. The number of aryl methyl sites for hydroxylation is 3. The summed E-state index contributed by atoms with van der Waals surface area (Å²) in [6, 6.07) is 2.72. The highest BCUT2D eigenvalue weighted by Gasteiger charge is 2.16. The average molecular weight is 408 g/mol. The summed E-state index contributed by atoms with van der Waals surface area (Å²) in [4.78, 5) is 8.78. The first-order valence-corrected chi connectivity index (χ1v) is 10.7. The van der Waals surface area contributed by atoms with Crippen molar-refractivity contribution in [3.63, 3.8) is 0 Å². The zero-order chi connectivity index (χ0) is 20.3. The van der Waals surface area contributed by atoms with E-state index in [-0.39, 0.29) is 11.4 Å². The molecule has 2 heterocycles. The first kappa shape index (κ1) is 20.2. The van der Waals surface area contributed by atoms with Crippen molar-refractivity contribution >= 4 is 26.7 Å². The lowest BCUT2D eigenvalue weighted by Crippen LogP contribution is -2.19. The quantitative estimate of drug-likeness (QED) is 0.615. The van der Waals surface area contributed by atoms with Gasteiger partial charge >= 0.3 is 0 Å². The number of halogens is 2. The van der Waals surface area contributed by atoms with Crippen LogP contribution in [-0.4, -0.2) is 28.7 Å². The highest BCUT2D eigenvalue weighted by molar-refractivity contribution is 7.92. The van der Waals surface area contributed by atoms with Gasteiger partial charge in [0.15, 0.2) is 0 Å². The standard InChI is InChI=1S/C19H22F2N4O2S/c1-3-5-18-23-17-12-22-11-13(2)19(17)25(18)8-4-9-28(26,27)24-16-7-6-14(20)10-15(16)21/h6-7,10-12,24H,3-5,8-9H2,1-2H3. The molecule has 2 aromatic heterocycles. The van der Waals surface area contributed by atoms with E-state index in [1.54, 1.807) is 12.4 Å². The fourth-order valence-electron chi connectivity index (χ4n) is 3.16. The van der Waals surface area contributed by atoms with Crippen LogP contribution in [0, 0.1) is 18.6 Å². The van der Waals surface area contributed by atoms with Gasteiger partial charge in [-0.05, 0) is 37.5 Å². The first-order chi connectivity index (χ1) is 13.3. The number of benzene rings is 1. The summed E-state index contributed by atoms with van der Waals surface area (Å²) < 4.78 is 55.5. The molecule has 0 atom stereocenters. The van der Waals surface area contributed by atoms with Crippen LogP contribution in [-0.2, 0) is 23.0 Å². The molecule has 0 fully saturated rings. The first-order valence-electron chi connectivity index (χ1n) is 9.06. The normalized spacial score (nSPS) is 11.9. The zero-order valence-electron chi connectivity index (χ0n) is 15.7. The highest BCUT2D eigenvalue weighted by atomic mass is 32.2. The maximum atomic E-state index is 13.7. The fraction of sp³-hybridized carbons (Fsp3) is 0.368. The number of sulfonamides is 1. The van der Waals surface area contributed by atoms with E-state index in [4.69, 9.17) is 0 Å². The number of aromatic nitrogens is 3.